The molecule has 1 spiro atoms. The number of nitrogens with zero attached hydrogens (tertiary/aromatic N) is 1. The number of benzene rings is 9. The van der Waals surface area contributed by atoms with Gasteiger partial charge in [-0.05, 0) is 157 Å². The summed E-state index contributed by atoms with van der Waals surface area (Å²) in [5.41, 5.74) is 26.3. The van der Waals surface area contributed by atoms with Gasteiger partial charge >= 0.3 is 0 Å². The Bertz CT molecular complexity index is 3680. The monoisotopic (exact) mass is 871 g/mol. The van der Waals surface area contributed by atoms with E-state index in [1.807, 2.05) is 0 Å². The Morgan fingerprint density at radius 3 is 1.47 bits per heavy atom. The van der Waals surface area contributed by atoms with Crippen molar-refractivity contribution in [2.45, 2.75) is 57.3 Å². The van der Waals surface area contributed by atoms with Crippen molar-refractivity contribution in [2.24, 2.45) is 0 Å². The molecule has 1 aromatic heterocycles. The molecule has 3 aliphatic carbocycles. The summed E-state index contributed by atoms with van der Waals surface area (Å²) in [6, 6.07) is 73.3. The summed E-state index contributed by atoms with van der Waals surface area (Å²) in [5.74, 6) is 0. The Labute approximate surface area is 400 Å². The highest BCUT2D eigenvalue weighted by molar-refractivity contribution is 6.10. The van der Waals surface area contributed by atoms with Crippen molar-refractivity contribution < 1.29 is 0 Å². The molecule has 0 unspecified atom stereocenters. The molecule has 0 saturated heterocycles. The van der Waals surface area contributed by atoms with Gasteiger partial charge in [0.15, 0.2) is 0 Å². The minimum Gasteiger partial charge on any atom is -0.309 e. The Hall–Kier alpha value is -7.74. The van der Waals surface area contributed by atoms with Gasteiger partial charge in [0, 0.05) is 27.3 Å². The second-order valence-corrected chi connectivity index (χ2v) is 20.0. The van der Waals surface area contributed by atoms with E-state index in [1.165, 1.54) is 148 Å². The first-order valence-corrected chi connectivity index (χ1v) is 24.6. The molecule has 1 heteroatoms. The first kappa shape index (κ1) is 40.5. The summed E-state index contributed by atoms with van der Waals surface area (Å²) < 4.78 is 2.45. The molecule has 1 saturated carbocycles. The molecule has 0 amide bonds. The first-order chi connectivity index (χ1) is 33.4. The zero-order chi connectivity index (χ0) is 45.6. The lowest BCUT2D eigenvalue weighted by atomic mass is 9.75. The van der Waals surface area contributed by atoms with Gasteiger partial charge in [-0.3, -0.25) is 0 Å². The zero-order valence-corrected chi connectivity index (χ0v) is 39.1. The Morgan fingerprint density at radius 2 is 0.853 bits per heavy atom. The van der Waals surface area contributed by atoms with Crippen molar-refractivity contribution in [3.63, 3.8) is 0 Å². The summed E-state index contributed by atoms with van der Waals surface area (Å²) in [7, 11) is 0. The van der Waals surface area contributed by atoms with Crippen LogP contribution in [0.25, 0.3) is 101 Å². The van der Waals surface area contributed by atoms with Gasteiger partial charge in [0.1, 0.15) is 0 Å². The molecule has 68 heavy (non-hydrogen) atoms. The van der Waals surface area contributed by atoms with E-state index < -0.39 is 0 Å². The fraction of sp³-hybridized carbons (Fsp3) is 0.134. The predicted molar refractivity (Wildman–Crippen MR) is 289 cm³/mol. The number of allylic oxidation sites excluding steroid dienone is 1. The van der Waals surface area contributed by atoms with Gasteiger partial charge in [-0.1, -0.05) is 203 Å². The smallest absolute Gasteiger partial charge is 0.0541 e. The molecule has 0 bridgehead atoms. The molecule has 3 aliphatic rings. The van der Waals surface area contributed by atoms with Gasteiger partial charge in [-0.25, -0.2) is 0 Å². The summed E-state index contributed by atoms with van der Waals surface area (Å²) in [6.07, 6.45) is 13.7. The molecular weight excluding hydrogens is 819 g/mol. The Kier molecular flexibility index (Phi) is 9.35. The van der Waals surface area contributed by atoms with Gasteiger partial charge in [0.2, 0.25) is 0 Å². The van der Waals surface area contributed by atoms with Crippen LogP contribution in [0.4, 0.5) is 0 Å². The Balaban J connectivity index is 0.742. The van der Waals surface area contributed by atoms with E-state index in [0.717, 1.165) is 0 Å². The predicted octanol–water partition coefficient (Wildman–Crippen LogP) is 18.1. The Morgan fingerprint density at radius 1 is 0.382 bits per heavy atom. The second-order valence-electron chi connectivity index (χ2n) is 20.0. The summed E-state index contributed by atoms with van der Waals surface area (Å²) in [6.45, 7) is 6.79. The molecule has 0 atom stereocenters. The van der Waals surface area contributed by atoms with Crippen molar-refractivity contribution >= 4 is 40.0 Å². The van der Waals surface area contributed by atoms with Crippen LogP contribution in [0.5, 0.6) is 0 Å². The van der Waals surface area contributed by atoms with E-state index in [-0.39, 0.29) is 10.8 Å². The van der Waals surface area contributed by atoms with Crippen LogP contribution in [-0.4, -0.2) is 4.57 Å². The molecular formula is C67H53N. The molecule has 10 aromatic rings. The van der Waals surface area contributed by atoms with Gasteiger partial charge in [0.25, 0.3) is 0 Å². The van der Waals surface area contributed by atoms with Gasteiger partial charge in [-0.2, -0.15) is 0 Å². The number of fused-ring (bicyclic) bond motifs is 11. The van der Waals surface area contributed by atoms with Gasteiger partial charge in [-0.15, -0.1) is 0 Å². The first-order valence-electron chi connectivity index (χ1n) is 24.6. The fourth-order valence-electron chi connectivity index (χ4n) is 12.4. The van der Waals surface area contributed by atoms with Crippen molar-refractivity contribution in [3.05, 3.63) is 239 Å². The number of aromatic nitrogens is 1. The third kappa shape index (κ3) is 6.36. The highest BCUT2D eigenvalue weighted by atomic mass is 15.0. The van der Waals surface area contributed by atoms with E-state index in [9.17, 15) is 0 Å². The van der Waals surface area contributed by atoms with Crippen molar-refractivity contribution in [2.75, 3.05) is 0 Å². The molecule has 1 fully saturated rings. The van der Waals surface area contributed by atoms with E-state index in [4.69, 9.17) is 0 Å². The van der Waals surface area contributed by atoms with E-state index in [1.54, 1.807) is 0 Å². The van der Waals surface area contributed by atoms with Gasteiger partial charge in [0.05, 0.1) is 11.0 Å². The van der Waals surface area contributed by atoms with Crippen LogP contribution < -0.4 is 0 Å². The maximum atomic E-state index is 2.52. The summed E-state index contributed by atoms with van der Waals surface area (Å²) in [5, 5.41) is 2.54. The molecule has 9 aromatic carbocycles. The highest BCUT2D eigenvalue weighted by Gasteiger charge is 2.45. The van der Waals surface area contributed by atoms with E-state index in [0.29, 0.717) is 0 Å². The minimum absolute atomic E-state index is 0.0523. The molecule has 326 valence electrons. The van der Waals surface area contributed by atoms with Crippen LogP contribution in [0.15, 0.2) is 200 Å². The largest absolute Gasteiger partial charge is 0.309 e. The highest BCUT2D eigenvalue weighted by Crippen LogP contribution is 2.58. The minimum atomic E-state index is -0.0523. The second kappa shape index (κ2) is 15.7. The van der Waals surface area contributed by atoms with Crippen molar-refractivity contribution in [1.82, 2.24) is 4.57 Å². The molecule has 13 rings (SSSR count). The van der Waals surface area contributed by atoms with Crippen LogP contribution >= 0.6 is 0 Å². The number of rotatable bonds is 7. The lowest BCUT2D eigenvalue weighted by Gasteiger charge is -2.27. The molecule has 0 aliphatic heterocycles. The molecule has 0 N–H and O–H groups in total. The number of hydrogen-bond donors (Lipinski definition) is 0. The average Bonchev–Trinajstić information content (AvgIpc) is 4.14. The normalized spacial score (nSPS) is 15.2. The molecule has 1 nitrogen and oxygen atoms in total. The fourth-order valence-corrected chi connectivity index (χ4v) is 12.4. The topological polar surface area (TPSA) is 4.93 Å². The quantitative estimate of drug-likeness (QED) is 0.141. The summed E-state index contributed by atoms with van der Waals surface area (Å²) in [4.78, 5) is 0. The van der Waals surface area contributed by atoms with Crippen LogP contribution in [-0.2, 0) is 10.8 Å². The molecule has 0 radical (unpaired) electrons. The SMILES string of the molecule is CC=Cc1ccc(-c2ccc3c(c2)C2(CCCC2)c2cc(-c4ccc(C=Cc5ccc(-c6ccc7c(c6)c6ccccc6n7-c6ccc7c(c6)C(C)(C)c6ccccc6-7)cc5)cc4)ccc2-3)cc1. The van der Waals surface area contributed by atoms with Crippen LogP contribution in [0.3, 0.4) is 0 Å². The lowest BCUT2D eigenvalue weighted by molar-refractivity contribution is 0.550. The molecule has 1 heterocycles. The van der Waals surface area contributed by atoms with Crippen LogP contribution in [0.2, 0.25) is 0 Å². The van der Waals surface area contributed by atoms with E-state index >= 15 is 0 Å². The lowest BCUT2D eigenvalue weighted by Crippen LogP contribution is -2.20. The van der Waals surface area contributed by atoms with Crippen LogP contribution in [0.1, 0.15) is 85.4 Å². The van der Waals surface area contributed by atoms with E-state index in [2.05, 4.69) is 244 Å². The number of hydrogen-bond acceptors (Lipinski definition) is 0. The average molecular weight is 872 g/mol. The summed E-state index contributed by atoms with van der Waals surface area (Å²) >= 11 is 0. The third-order valence-corrected chi connectivity index (χ3v) is 15.9. The standard InChI is InChI=1S/C67H53N/c1-4-11-44-18-24-48(25-19-44)51-30-34-56-57-35-31-52(42-63(57)67(62(56)41-51)38-9-10-39-67)49-28-22-46(23-29-49)17-16-45-20-26-47(27-21-45)50-32-37-65-59(40-50)58-13-6-8-15-64(58)68(65)53-33-36-55-54-12-5-7-14-60(54)66(2,3)61(55)43-53/h4-8,11-37,40-43H,9-10,38-39H2,1-3H3. The van der Waals surface area contributed by atoms with Crippen molar-refractivity contribution in [3.8, 4) is 61.3 Å². The van der Waals surface area contributed by atoms with Crippen LogP contribution in [0, 0.1) is 0 Å². The third-order valence-electron chi connectivity index (χ3n) is 15.9. The van der Waals surface area contributed by atoms with Gasteiger partial charge < -0.3 is 4.57 Å². The zero-order valence-electron chi connectivity index (χ0n) is 39.1. The van der Waals surface area contributed by atoms with Crippen molar-refractivity contribution in [1.29, 1.82) is 0 Å². The maximum absolute atomic E-state index is 2.52. The number of para-hydroxylation sites is 1. The maximum Gasteiger partial charge on any atom is 0.0541 e.